The number of anilines is 1. The van der Waals surface area contributed by atoms with Crippen molar-refractivity contribution in [2.24, 2.45) is 0 Å². The number of para-hydroxylation sites is 1. The molecule has 1 N–H and O–H groups in total. The minimum absolute atomic E-state index is 0.135. The van der Waals surface area contributed by atoms with Gasteiger partial charge in [-0.2, -0.15) is 4.98 Å². The molecule has 0 unspecified atom stereocenters. The maximum atomic E-state index is 13.1. The van der Waals surface area contributed by atoms with E-state index in [2.05, 4.69) is 15.5 Å². The van der Waals surface area contributed by atoms with Crippen LogP contribution in [0.25, 0.3) is 11.5 Å². The van der Waals surface area contributed by atoms with Crippen LogP contribution in [0.1, 0.15) is 41.5 Å². The van der Waals surface area contributed by atoms with E-state index < -0.39 is 0 Å². The second-order valence-corrected chi connectivity index (χ2v) is 7.27. The van der Waals surface area contributed by atoms with Crippen molar-refractivity contribution in [3.05, 3.63) is 47.3 Å². The molecule has 2 heterocycles. The van der Waals surface area contributed by atoms with Gasteiger partial charge in [-0.15, -0.1) is 0 Å². The number of nitrogens with zero attached hydrogens (tertiary/aromatic N) is 2. The van der Waals surface area contributed by atoms with Crippen LogP contribution in [0, 0.1) is 6.92 Å². The second-order valence-electron chi connectivity index (χ2n) is 7.27. The molecule has 8 nitrogen and oxygen atoms in total. The summed E-state index contributed by atoms with van der Waals surface area (Å²) in [6.45, 7) is 6.73. The van der Waals surface area contributed by atoms with Gasteiger partial charge in [0.15, 0.2) is 17.3 Å². The van der Waals surface area contributed by atoms with E-state index in [1.807, 2.05) is 39.0 Å². The molecule has 4 rings (SSSR count). The zero-order chi connectivity index (χ0) is 21.3. The van der Waals surface area contributed by atoms with E-state index >= 15 is 0 Å². The predicted molar refractivity (Wildman–Crippen MR) is 110 cm³/mol. The normalized spacial score (nSPS) is 12.7. The first-order chi connectivity index (χ1) is 14.5. The van der Waals surface area contributed by atoms with Crippen LogP contribution < -0.4 is 19.5 Å². The molecule has 0 atom stereocenters. The third kappa shape index (κ3) is 3.68. The van der Waals surface area contributed by atoms with Crippen LogP contribution in [0.15, 0.2) is 34.9 Å². The number of aromatic nitrogens is 2. The molecule has 3 aromatic rings. The maximum Gasteiger partial charge on any atom is 0.260 e. The van der Waals surface area contributed by atoms with Crippen LogP contribution in [0.4, 0.5) is 5.69 Å². The number of ether oxygens (including phenoxy) is 3. The Morgan fingerprint density at radius 2 is 2.00 bits per heavy atom. The summed E-state index contributed by atoms with van der Waals surface area (Å²) >= 11 is 0. The summed E-state index contributed by atoms with van der Waals surface area (Å²) < 4.78 is 22.1. The van der Waals surface area contributed by atoms with E-state index in [1.54, 1.807) is 12.1 Å². The van der Waals surface area contributed by atoms with Crippen LogP contribution in [0.2, 0.25) is 0 Å². The maximum absolute atomic E-state index is 13.1. The fourth-order valence-corrected chi connectivity index (χ4v) is 3.18. The predicted octanol–water partition coefficient (Wildman–Crippen LogP) is 4.20. The standard InChI is InChI=1S/C22H23N3O5/c1-12(2)20-24-22(30-25-20)15-7-5-6-13(3)18(15)23-21(26)14-10-16(27-4)19-17(11-14)28-8-9-29-19/h5-7,10-12H,8-9H2,1-4H3,(H,23,26). The molecule has 0 aliphatic carbocycles. The third-order valence-electron chi connectivity index (χ3n) is 4.79. The van der Waals surface area contributed by atoms with Gasteiger partial charge in [0.25, 0.3) is 11.8 Å². The first-order valence-electron chi connectivity index (χ1n) is 9.70. The highest BCUT2D eigenvalue weighted by Gasteiger charge is 2.23. The van der Waals surface area contributed by atoms with Gasteiger partial charge >= 0.3 is 0 Å². The van der Waals surface area contributed by atoms with Crippen molar-refractivity contribution in [3.63, 3.8) is 0 Å². The minimum Gasteiger partial charge on any atom is -0.493 e. The average Bonchev–Trinajstić information content (AvgIpc) is 3.24. The van der Waals surface area contributed by atoms with Crippen molar-refractivity contribution in [3.8, 4) is 28.7 Å². The lowest BCUT2D eigenvalue weighted by Crippen LogP contribution is -2.18. The number of hydrogen-bond donors (Lipinski definition) is 1. The number of rotatable bonds is 5. The molecule has 0 bridgehead atoms. The van der Waals surface area contributed by atoms with Crippen LogP contribution in [0.5, 0.6) is 17.2 Å². The summed E-state index contributed by atoms with van der Waals surface area (Å²) in [4.78, 5) is 17.5. The first kappa shape index (κ1) is 19.8. The molecule has 0 saturated heterocycles. The van der Waals surface area contributed by atoms with Crippen LogP contribution >= 0.6 is 0 Å². The molecule has 1 aliphatic rings. The van der Waals surface area contributed by atoms with Gasteiger partial charge < -0.3 is 24.1 Å². The molecule has 0 saturated carbocycles. The number of amides is 1. The molecule has 30 heavy (non-hydrogen) atoms. The molecule has 0 radical (unpaired) electrons. The van der Waals surface area contributed by atoms with Gasteiger partial charge in [-0.05, 0) is 30.7 Å². The summed E-state index contributed by atoms with van der Waals surface area (Å²) in [5.41, 5.74) is 2.52. The molecule has 0 fully saturated rings. The van der Waals surface area contributed by atoms with Crippen LogP contribution in [-0.2, 0) is 0 Å². The Bertz CT molecular complexity index is 1070. The Morgan fingerprint density at radius 3 is 2.73 bits per heavy atom. The number of carbonyl (C=O) groups excluding carboxylic acids is 1. The van der Waals surface area contributed by atoms with Gasteiger partial charge in [0.2, 0.25) is 5.75 Å². The molecule has 8 heteroatoms. The van der Waals surface area contributed by atoms with E-state index in [-0.39, 0.29) is 11.8 Å². The van der Waals surface area contributed by atoms with Gasteiger partial charge in [-0.3, -0.25) is 4.79 Å². The minimum atomic E-state index is -0.315. The summed E-state index contributed by atoms with van der Waals surface area (Å²) in [5, 5.41) is 7.00. The topological polar surface area (TPSA) is 95.7 Å². The van der Waals surface area contributed by atoms with Crippen molar-refractivity contribution in [1.29, 1.82) is 0 Å². The average molecular weight is 409 g/mol. The highest BCUT2D eigenvalue weighted by atomic mass is 16.6. The van der Waals surface area contributed by atoms with Crippen molar-refractivity contribution in [2.45, 2.75) is 26.7 Å². The van der Waals surface area contributed by atoms with Gasteiger partial charge in [0, 0.05) is 11.5 Å². The Labute approximate surface area is 174 Å². The van der Waals surface area contributed by atoms with E-state index in [4.69, 9.17) is 18.7 Å². The number of aryl methyl sites for hydroxylation is 1. The summed E-state index contributed by atoms with van der Waals surface area (Å²) in [6.07, 6.45) is 0. The van der Waals surface area contributed by atoms with Crippen molar-refractivity contribution >= 4 is 11.6 Å². The number of fused-ring (bicyclic) bond motifs is 1. The molecular formula is C22H23N3O5. The zero-order valence-electron chi connectivity index (χ0n) is 17.3. The second kappa shape index (κ2) is 8.06. The summed E-state index contributed by atoms with van der Waals surface area (Å²) in [7, 11) is 1.52. The van der Waals surface area contributed by atoms with E-state index in [0.717, 1.165) is 5.56 Å². The molecule has 0 spiro atoms. The molecule has 1 aliphatic heterocycles. The zero-order valence-corrected chi connectivity index (χ0v) is 17.3. The summed E-state index contributed by atoms with van der Waals surface area (Å²) in [5.74, 6) is 2.22. The lowest BCUT2D eigenvalue weighted by molar-refractivity contribution is 0.102. The number of benzene rings is 2. The summed E-state index contributed by atoms with van der Waals surface area (Å²) in [6, 6.07) is 8.90. The SMILES string of the molecule is COc1cc(C(=O)Nc2c(C)cccc2-c2nc(C(C)C)no2)cc2c1OCCO2. The lowest BCUT2D eigenvalue weighted by atomic mass is 10.1. The molecule has 2 aromatic carbocycles. The Balaban J connectivity index is 1.69. The van der Waals surface area contributed by atoms with Gasteiger partial charge in [0.05, 0.1) is 18.4 Å². The number of nitrogens with one attached hydrogen (secondary N) is 1. The Hall–Kier alpha value is -3.55. The largest absolute Gasteiger partial charge is 0.493 e. The van der Waals surface area contributed by atoms with Crippen molar-refractivity contribution in [1.82, 2.24) is 10.1 Å². The Kier molecular flexibility index (Phi) is 5.31. The fourth-order valence-electron chi connectivity index (χ4n) is 3.18. The van der Waals surface area contributed by atoms with Crippen LogP contribution in [0.3, 0.4) is 0 Å². The molecular weight excluding hydrogens is 386 g/mol. The van der Waals surface area contributed by atoms with E-state index in [1.165, 1.54) is 7.11 Å². The van der Waals surface area contributed by atoms with Gasteiger partial charge in [-0.1, -0.05) is 31.1 Å². The Morgan fingerprint density at radius 1 is 1.20 bits per heavy atom. The lowest BCUT2D eigenvalue weighted by Gasteiger charge is -2.21. The number of methoxy groups -OCH3 is 1. The van der Waals surface area contributed by atoms with E-state index in [0.29, 0.717) is 59.0 Å². The highest BCUT2D eigenvalue weighted by Crippen LogP contribution is 2.40. The smallest absolute Gasteiger partial charge is 0.260 e. The quantitative estimate of drug-likeness (QED) is 0.675. The number of hydrogen-bond acceptors (Lipinski definition) is 7. The van der Waals surface area contributed by atoms with E-state index in [9.17, 15) is 4.79 Å². The van der Waals surface area contributed by atoms with Gasteiger partial charge in [0.1, 0.15) is 13.2 Å². The fraction of sp³-hybridized carbons (Fsp3) is 0.318. The molecule has 1 aromatic heterocycles. The molecule has 156 valence electrons. The van der Waals surface area contributed by atoms with Crippen LogP contribution in [-0.4, -0.2) is 36.4 Å². The van der Waals surface area contributed by atoms with Gasteiger partial charge in [-0.25, -0.2) is 0 Å². The van der Waals surface area contributed by atoms with Crippen molar-refractivity contribution < 1.29 is 23.5 Å². The molecule has 1 amide bonds. The monoisotopic (exact) mass is 409 g/mol. The number of carbonyl (C=O) groups is 1. The third-order valence-corrected chi connectivity index (χ3v) is 4.79. The van der Waals surface area contributed by atoms with Crippen molar-refractivity contribution in [2.75, 3.05) is 25.6 Å². The first-order valence-corrected chi connectivity index (χ1v) is 9.70. The highest BCUT2D eigenvalue weighted by molar-refractivity contribution is 6.07.